The van der Waals surface area contributed by atoms with Crippen LogP contribution in [0.5, 0.6) is 0 Å². The van der Waals surface area contributed by atoms with Gasteiger partial charge >= 0.3 is 0 Å². The molecular formula is C19H35N5O2. The van der Waals surface area contributed by atoms with Crippen molar-refractivity contribution in [3.63, 3.8) is 0 Å². The summed E-state index contributed by atoms with van der Waals surface area (Å²) in [5.74, 6) is 2.09. The van der Waals surface area contributed by atoms with Crippen LogP contribution in [0, 0.1) is 11.3 Å². The summed E-state index contributed by atoms with van der Waals surface area (Å²) in [5.41, 5.74) is 0.544. The van der Waals surface area contributed by atoms with Gasteiger partial charge in [0.1, 0.15) is 0 Å². The van der Waals surface area contributed by atoms with Gasteiger partial charge in [-0.05, 0) is 43.9 Å². The molecule has 26 heavy (non-hydrogen) atoms. The summed E-state index contributed by atoms with van der Waals surface area (Å²) < 4.78 is 4.96. The zero-order valence-electron chi connectivity index (χ0n) is 16.4. The molecule has 1 saturated heterocycles. The third-order valence-electron chi connectivity index (χ3n) is 5.88. The minimum Gasteiger partial charge on any atom is -0.383 e. The molecule has 7 nitrogen and oxygen atoms in total. The fraction of sp³-hybridized carbons (Fsp3) is 0.895. The van der Waals surface area contributed by atoms with Crippen molar-refractivity contribution in [1.82, 2.24) is 20.4 Å². The normalized spacial score (nSPS) is 23.0. The van der Waals surface area contributed by atoms with Crippen molar-refractivity contribution in [2.75, 3.05) is 66.1 Å². The van der Waals surface area contributed by atoms with Crippen LogP contribution >= 0.6 is 0 Å². The molecule has 0 radical (unpaired) electrons. The number of rotatable bonds is 9. The Bertz CT molecular complexity index is 494. The number of nitrogens with one attached hydrogen (secondary N) is 2. The molecule has 0 aromatic carbocycles. The van der Waals surface area contributed by atoms with Crippen molar-refractivity contribution in [2.24, 2.45) is 16.3 Å². The van der Waals surface area contributed by atoms with Crippen molar-refractivity contribution in [1.29, 1.82) is 0 Å². The van der Waals surface area contributed by atoms with E-state index < -0.39 is 0 Å². The number of hydrogen-bond acceptors (Lipinski definition) is 4. The van der Waals surface area contributed by atoms with E-state index in [1.54, 1.807) is 7.11 Å². The molecular weight excluding hydrogens is 330 g/mol. The standard InChI is InChI=1S/C19H35N5O2/c1-3-20-18(22-15-19(6-7-19)16-4-5-16)24-11-9-23(10-12-24)14-17(25)21-8-13-26-2/h16H,3-15H2,1-2H3,(H,20,22)(H,21,25). The van der Waals surface area contributed by atoms with Crippen LogP contribution in [0.15, 0.2) is 4.99 Å². The maximum atomic E-state index is 11.9. The Kier molecular flexibility index (Phi) is 6.75. The van der Waals surface area contributed by atoms with Crippen molar-refractivity contribution >= 4 is 11.9 Å². The number of piperazine rings is 1. The summed E-state index contributed by atoms with van der Waals surface area (Å²) in [4.78, 5) is 21.5. The fourth-order valence-electron chi connectivity index (χ4n) is 3.88. The van der Waals surface area contributed by atoms with Gasteiger partial charge in [0.2, 0.25) is 5.91 Å². The highest BCUT2D eigenvalue weighted by Gasteiger charge is 2.53. The lowest BCUT2D eigenvalue weighted by Gasteiger charge is -2.36. The van der Waals surface area contributed by atoms with Crippen molar-refractivity contribution in [2.45, 2.75) is 32.6 Å². The molecule has 0 unspecified atom stereocenters. The Balaban J connectivity index is 1.43. The minimum absolute atomic E-state index is 0.0798. The number of guanidine groups is 1. The highest BCUT2D eigenvalue weighted by Crippen LogP contribution is 2.61. The average Bonchev–Trinajstić information content (AvgIpc) is 3.53. The molecule has 0 aromatic heterocycles. The van der Waals surface area contributed by atoms with Crippen LogP contribution in [0.1, 0.15) is 32.6 Å². The summed E-state index contributed by atoms with van der Waals surface area (Å²) in [5, 5.41) is 6.36. The van der Waals surface area contributed by atoms with E-state index in [0.717, 1.165) is 51.1 Å². The van der Waals surface area contributed by atoms with Crippen molar-refractivity contribution in [3.8, 4) is 0 Å². The van der Waals surface area contributed by atoms with E-state index in [4.69, 9.17) is 9.73 Å². The third-order valence-corrected chi connectivity index (χ3v) is 5.88. The van der Waals surface area contributed by atoms with E-state index in [1.165, 1.54) is 25.7 Å². The number of hydrogen-bond donors (Lipinski definition) is 2. The van der Waals surface area contributed by atoms with E-state index in [2.05, 4.69) is 27.4 Å². The topological polar surface area (TPSA) is 69.2 Å². The minimum atomic E-state index is 0.0798. The summed E-state index contributed by atoms with van der Waals surface area (Å²) in [7, 11) is 1.64. The molecule has 3 rings (SSSR count). The van der Waals surface area contributed by atoms with E-state index in [-0.39, 0.29) is 5.91 Å². The Morgan fingerprint density at radius 1 is 1.19 bits per heavy atom. The molecule has 0 atom stereocenters. The predicted molar refractivity (Wildman–Crippen MR) is 103 cm³/mol. The van der Waals surface area contributed by atoms with Crippen molar-refractivity contribution in [3.05, 3.63) is 0 Å². The van der Waals surface area contributed by atoms with Crippen LogP contribution in [0.3, 0.4) is 0 Å². The highest BCUT2D eigenvalue weighted by molar-refractivity contribution is 5.80. The molecule has 0 bridgehead atoms. The van der Waals surface area contributed by atoms with Crippen LogP contribution in [-0.2, 0) is 9.53 Å². The van der Waals surface area contributed by atoms with Gasteiger partial charge < -0.3 is 20.3 Å². The molecule has 1 amide bonds. The zero-order chi connectivity index (χ0) is 18.4. The number of methoxy groups -OCH3 is 1. The van der Waals surface area contributed by atoms with Gasteiger partial charge in [-0.2, -0.15) is 0 Å². The first-order valence-corrected chi connectivity index (χ1v) is 10.2. The number of nitrogens with zero attached hydrogens (tertiary/aromatic N) is 3. The lowest BCUT2D eigenvalue weighted by Crippen LogP contribution is -2.54. The van der Waals surface area contributed by atoms with Crippen molar-refractivity contribution < 1.29 is 9.53 Å². The lowest BCUT2D eigenvalue weighted by atomic mass is 10.0. The highest BCUT2D eigenvalue weighted by atomic mass is 16.5. The quantitative estimate of drug-likeness (QED) is 0.354. The van der Waals surface area contributed by atoms with Gasteiger partial charge in [0.25, 0.3) is 0 Å². The summed E-state index contributed by atoms with van der Waals surface area (Å²) in [6.45, 7) is 9.27. The molecule has 2 saturated carbocycles. The number of carbonyl (C=O) groups excluding carboxylic acids is 1. The first-order valence-electron chi connectivity index (χ1n) is 10.2. The van der Waals surface area contributed by atoms with Crippen LogP contribution in [0.4, 0.5) is 0 Å². The molecule has 3 aliphatic rings. The second-order valence-electron chi connectivity index (χ2n) is 7.91. The van der Waals surface area contributed by atoms with Gasteiger partial charge in [-0.3, -0.25) is 14.7 Å². The number of ether oxygens (including phenoxy) is 1. The fourth-order valence-corrected chi connectivity index (χ4v) is 3.88. The zero-order valence-corrected chi connectivity index (χ0v) is 16.4. The van der Waals surface area contributed by atoms with Gasteiger partial charge in [0.05, 0.1) is 13.2 Å². The number of amides is 1. The van der Waals surface area contributed by atoms with Gasteiger partial charge in [-0.15, -0.1) is 0 Å². The maximum absolute atomic E-state index is 11.9. The number of aliphatic imine (C=N–C) groups is 1. The molecule has 1 aliphatic heterocycles. The van der Waals surface area contributed by atoms with E-state index in [1.807, 2.05) is 0 Å². The summed E-state index contributed by atoms with van der Waals surface area (Å²) >= 11 is 0. The monoisotopic (exact) mass is 365 g/mol. The van der Waals surface area contributed by atoms with E-state index >= 15 is 0 Å². The SMILES string of the molecule is CCNC(=NCC1(C2CC2)CC1)N1CCN(CC(=O)NCCOC)CC1. The second kappa shape index (κ2) is 9.04. The molecule has 1 heterocycles. The summed E-state index contributed by atoms with van der Waals surface area (Å²) in [6, 6.07) is 0. The second-order valence-corrected chi connectivity index (χ2v) is 7.91. The smallest absolute Gasteiger partial charge is 0.234 e. The molecule has 148 valence electrons. The van der Waals surface area contributed by atoms with Gasteiger partial charge in [0, 0.05) is 52.9 Å². The maximum Gasteiger partial charge on any atom is 0.234 e. The van der Waals surface area contributed by atoms with Gasteiger partial charge in [-0.1, -0.05) is 0 Å². The van der Waals surface area contributed by atoms with Gasteiger partial charge in [0.15, 0.2) is 5.96 Å². The molecule has 2 N–H and O–H groups in total. The van der Waals surface area contributed by atoms with Crippen LogP contribution in [0.2, 0.25) is 0 Å². The molecule has 2 aliphatic carbocycles. The number of carbonyl (C=O) groups is 1. The lowest BCUT2D eigenvalue weighted by molar-refractivity contribution is -0.122. The third kappa shape index (κ3) is 5.33. The first-order chi connectivity index (χ1) is 12.7. The molecule has 0 spiro atoms. The van der Waals surface area contributed by atoms with Crippen LogP contribution in [-0.4, -0.2) is 87.7 Å². The first kappa shape index (κ1) is 19.4. The Hall–Kier alpha value is -1.34. The van der Waals surface area contributed by atoms with Gasteiger partial charge in [-0.25, -0.2) is 0 Å². The van der Waals surface area contributed by atoms with E-state index in [9.17, 15) is 4.79 Å². The largest absolute Gasteiger partial charge is 0.383 e. The summed E-state index contributed by atoms with van der Waals surface area (Å²) in [6.07, 6.45) is 5.56. The molecule has 3 fully saturated rings. The average molecular weight is 366 g/mol. The predicted octanol–water partition coefficient (Wildman–Crippen LogP) is 0.522. The Morgan fingerprint density at radius 3 is 2.50 bits per heavy atom. The van der Waals surface area contributed by atoms with E-state index in [0.29, 0.717) is 25.1 Å². The molecule has 7 heteroatoms. The Morgan fingerprint density at radius 2 is 1.92 bits per heavy atom. The molecule has 0 aromatic rings. The van der Waals surface area contributed by atoms with Crippen LogP contribution in [0.25, 0.3) is 0 Å². The Labute approximate surface area is 157 Å². The van der Waals surface area contributed by atoms with Crippen LogP contribution < -0.4 is 10.6 Å².